The van der Waals surface area contributed by atoms with E-state index in [2.05, 4.69) is 10.2 Å². The van der Waals surface area contributed by atoms with Crippen LogP contribution in [0.5, 0.6) is 0 Å². The molecule has 0 unspecified atom stereocenters. The van der Waals surface area contributed by atoms with Crippen LogP contribution >= 0.6 is 0 Å². The summed E-state index contributed by atoms with van der Waals surface area (Å²) in [6, 6.07) is 19.7. The SMILES string of the molecule is CS(=O)(=O)c1ccccc1/C(=C(\c1ccc(/C=C/C(=O)O)cc1)c1ccc2n[nH]c(F)c2c1)C1CC1. The third-order valence-electron chi connectivity index (χ3n) is 6.25. The van der Waals surface area contributed by atoms with Crippen LogP contribution in [-0.2, 0) is 14.6 Å². The van der Waals surface area contributed by atoms with E-state index in [0.29, 0.717) is 22.0 Å². The number of nitrogens with one attached hydrogen (secondary N) is 1. The summed E-state index contributed by atoms with van der Waals surface area (Å²) in [4.78, 5) is 11.2. The number of fused-ring (bicyclic) bond motifs is 1. The molecule has 0 radical (unpaired) electrons. The lowest BCUT2D eigenvalue weighted by Crippen LogP contribution is -2.05. The number of aliphatic carboxylic acids is 1. The lowest BCUT2D eigenvalue weighted by Gasteiger charge is -2.19. The number of allylic oxidation sites excluding steroid dienone is 1. The van der Waals surface area contributed by atoms with Gasteiger partial charge in [0.2, 0.25) is 5.95 Å². The minimum atomic E-state index is -3.51. The third kappa shape index (κ3) is 4.72. The van der Waals surface area contributed by atoms with Gasteiger partial charge in [-0.15, -0.1) is 0 Å². The highest BCUT2D eigenvalue weighted by atomic mass is 32.2. The first kappa shape index (κ1) is 23.7. The fourth-order valence-electron chi connectivity index (χ4n) is 4.48. The standard InChI is InChI=1S/C28H23FN2O4S/c1-36(34,35)24-5-3-2-4-21(24)27(19-11-12-19)26(18-9-6-17(7-10-18)8-15-25(32)33)20-13-14-23-22(16-20)28(29)31-30-23/h2-10,13-16,19H,11-12H2,1H3,(H,30,31)(H,32,33)/b15-8+,27-26+. The van der Waals surface area contributed by atoms with Gasteiger partial charge in [0.15, 0.2) is 9.84 Å². The first-order chi connectivity index (χ1) is 17.2. The highest BCUT2D eigenvalue weighted by Crippen LogP contribution is 2.49. The Hall–Kier alpha value is -4.04. The molecule has 0 bridgehead atoms. The number of hydrogen-bond acceptors (Lipinski definition) is 4. The van der Waals surface area contributed by atoms with Crippen molar-refractivity contribution in [3.63, 3.8) is 0 Å². The van der Waals surface area contributed by atoms with E-state index in [4.69, 9.17) is 5.11 Å². The number of carbonyl (C=O) groups is 1. The van der Waals surface area contributed by atoms with Crippen molar-refractivity contribution in [1.82, 2.24) is 10.2 Å². The highest BCUT2D eigenvalue weighted by molar-refractivity contribution is 7.90. The summed E-state index contributed by atoms with van der Waals surface area (Å²) >= 11 is 0. The molecule has 1 saturated carbocycles. The Balaban J connectivity index is 1.80. The van der Waals surface area contributed by atoms with Crippen LogP contribution in [-0.4, -0.2) is 35.9 Å². The molecule has 0 atom stereocenters. The fourth-order valence-corrected chi connectivity index (χ4v) is 5.39. The monoisotopic (exact) mass is 502 g/mol. The van der Waals surface area contributed by atoms with E-state index in [9.17, 15) is 17.6 Å². The Morgan fingerprint density at radius 3 is 2.42 bits per heavy atom. The number of benzene rings is 3. The largest absolute Gasteiger partial charge is 0.478 e. The number of sulfone groups is 1. The molecular formula is C28H23FN2O4S. The second-order valence-electron chi connectivity index (χ2n) is 8.89. The summed E-state index contributed by atoms with van der Waals surface area (Å²) < 4.78 is 39.9. The Morgan fingerprint density at radius 1 is 1.06 bits per heavy atom. The maximum atomic E-state index is 14.4. The molecule has 2 N–H and O–H groups in total. The smallest absolute Gasteiger partial charge is 0.328 e. The van der Waals surface area contributed by atoms with Crippen molar-refractivity contribution in [2.45, 2.75) is 17.7 Å². The summed E-state index contributed by atoms with van der Waals surface area (Å²) in [7, 11) is -3.51. The molecule has 182 valence electrons. The van der Waals surface area contributed by atoms with Gasteiger partial charge < -0.3 is 5.11 Å². The Labute approximate surface area is 207 Å². The zero-order valence-corrected chi connectivity index (χ0v) is 20.2. The molecule has 1 aromatic heterocycles. The van der Waals surface area contributed by atoms with E-state index in [1.54, 1.807) is 36.4 Å². The molecule has 1 aliphatic rings. The van der Waals surface area contributed by atoms with Crippen molar-refractivity contribution in [2.75, 3.05) is 6.26 Å². The maximum Gasteiger partial charge on any atom is 0.328 e. The van der Waals surface area contributed by atoms with Gasteiger partial charge in [0.1, 0.15) is 0 Å². The molecule has 4 aromatic rings. The van der Waals surface area contributed by atoms with Crippen molar-refractivity contribution >= 4 is 43.9 Å². The van der Waals surface area contributed by atoms with Crippen LogP contribution in [0, 0.1) is 11.9 Å². The van der Waals surface area contributed by atoms with Crippen LogP contribution in [0.3, 0.4) is 0 Å². The number of aromatic amines is 1. The van der Waals surface area contributed by atoms with Crippen LogP contribution in [0.25, 0.3) is 28.1 Å². The van der Waals surface area contributed by atoms with E-state index < -0.39 is 21.8 Å². The number of carboxylic acids is 1. The average molecular weight is 503 g/mol. The molecular weight excluding hydrogens is 479 g/mol. The van der Waals surface area contributed by atoms with E-state index in [0.717, 1.165) is 41.2 Å². The summed E-state index contributed by atoms with van der Waals surface area (Å²) in [5.74, 6) is -1.42. The highest BCUT2D eigenvalue weighted by Gasteiger charge is 2.33. The first-order valence-corrected chi connectivity index (χ1v) is 13.3. The summed E-state index contributed by atoms with van der Waals surface area (Å²) in [6.07, 6.45) is 5.60. The van der Waals surface area contributed by atoms with Crippen LogP contribution < -0.4 is 0 Å². The molecule has 5 rings (SSSR count). The van der Waals surface area contributed by atoms with Gasteiger partial charge in [-0.3, -0.25) is 5.10 Å². The molecule has 1 heterocycles. The molecule has 0 aliphatic heterocycles. The number of hydrogen-bond donors (Lipinski definition) is 2. The minimum absolute atomic E-state index is 0.152. The Kier molecular flexibility index (Phi) is 6.05. The van der Waals surface area contributed by atoms with Crippen LogP contribution in [0.2, 0.25) is 0 Å². The number of rotatable bonds is 7. The predicted molar refractivity (Wildman–Crippen MR) is 137 cm³/mol. The van der Waals surface area contributed by atoms with Gasteiger partial charge in [-0.2, -0.15) is 9.49 Å². The van der Waals surface area contributed by atoms with Gasteiger partial charge in [0.25, 0.3) is 0 Å². The van der Waals surface area contributed by atoms with Gasteiger partial charge in [-0.25, -0.2) is 13.2 Å². The van der Waals surface area contributed by atoms with Crippen molar-refractivity contribution in [1.29, 1.82) is 0 Å². The zero-order valence-electron chi connectivity index (χ0n) is 19.4. The molecule has 3 aromatic carbocycles. The quantitative estimate of drug-likeness (QED) is 0.254. The second kappa shape index (κ2) is 9.20. The zero-order chi connectivity index (χ0) is 25.4. The van der Waals surface area contributed by atoms with Crippen LogP contribution in [0.15, 0.2) is 77.7 Å². The number of carboxylic acid groups (broad SMARTS) is 1. The summed E-state index contributed by atoms with van der Waals surface area (Å²) in [5.41, 5.74) is 5.10. The average Bonchev–Trinajstić information content (AvgIpc) is 3.63. The van der Waals surface area contributed by atoms with Crippen LogP contribution in [0.4, 0.5) is 4.39 Å². The van der Waals surface area contributed by atoms with Crippen molar-refractivity contribution in [3.8, 4) is 0 Å². The van der Waals surface area contributed by atoms with Gasteiger partial charge in [-0.1, -0.05) is 48.5 Å². The van der Waals surface area contributed by atoms with E-state index in [-0.39, 0.29) is 10.8 Å². The minimum Gasteiger partial charge on any atom is -0.478 e. The molecule has 0 amide bonds. The molecule has 1 aliphatic carbocycles. The molecule has 1 fully saturated rings. The van der Waals surface area contributed by atoms with Gasteiger partial charge in [-0.05, 0) is 76.4 Å². The fraction of sp³-hybridized carbons (Fsp3) is 0.143. The van der Waals surface area contributed by atoms with E-state index in [1.807, 2.05) is 30.3 Å². The van der Waals surface area contributed by atoms with E-state index in [1.165, 1.54) is 12.3 Å². The van der Waals surface area contributed by atoms with Crippen molar-refractivity contribution in [2.24, 2.45) is 5.92 Å². The Morgan fingerprint density at radius 2 is 1.75 bits per heavy atom. The predicted octanol–water partition coefficient (Wildman–Crippen LogP) is 5.57. The number of H-pyrrole nitrogens is 1. The van der Waals surface area contributed by atoms with Gasteiger partial charge >= 0.3 is 5.97 Å². The number of aromatic nitrogens is 2. The summed E-state index contributed by atoms with van der Waals surface area (Å²) in [6.45, 7) is 0. The second-order valence-corrected chi connectivity index (χ2v) is 10.9. The summed E-state index contributed by atoms with van der Waals surface area (Å²) in [5, 5.41) is 15.6. The van der Waals surface area contributed by atoms with Gasteiger partial charge in [0, 0.05) is 12.3 Å². The lowest BCUT2D eigenvalue weighted by molar-refractivity contribution is -0.131. The van der Waals surface area contributed by atoms with Crippen LogP contribution in [0.1, 0.15) is 35.1 Å². The number of nitrogens with zero attached hydrogens (tertiary/aromatic N) is 1. The molecule has 8 heteroatoms. The first-order valence-electron chi connectivity index (χ1n) is 11.4. The maximum absolute atomic E-state index is 14.4. The molecule has 6 nitrogen and oxygen atoms in total. The Bertz CT molecular complexity index is 1650. The molecule has 36 heavy (non-hydrogen) atoms. The lowest BCUT2D eigenvalue weighted by atomic mass is 9.86. The number of halogens is 1. The molecule has 0 saturated heterocycles. The normalized spacial score (nSPS) is 14.8. The van der Waals surface area contributed by atoms with Crippen molar-refractivity contribution in [3.05, 3.63) is 101 Å². The topological polar surface area (TPSA) is 100 Å². The third-order valence-corrected chi connectivity index (χ3v) is 7.40. The van der Waals surface area contributed by atoms with Crippen molar-refractivity contribution < 1.29 is 22.7 Å². The van der Waals surface area contributed by atoms with Gasteiger partial charge in [0.05, 0.1) is 15.8 Å². The van der Waals surface area contributed by atoms with E-state index >= 15 is 0 Å². The molecule has 0 spiro atoms.